The van der Waals surface area contributed by atoms with E-state index in [4.69, 9.17) is 5.73 Å². The van der Waals surface area contributed by atoms with Crippen LogP contribution < -0.4 is 5.73 Å². The van der Waals surface area contributed by atoms with Crippen LogP contribution in [-0.4, -0.2) is 6.04 Å². The van der Waals surface area contributed by atoms with Crippen molar-refractivity contribution in [3.63, 3.8) is 0 Å². The lowest BCUT2D eigenvalue weighted by Crippen LogP contribution is -2.35. The number of hydrogen-bond acceptors (Lipinski definition) is 1. The Balaban J connectivity index is 3.84. The minimum atomic E-state index is 0.410. The highest BCUT2D eigenvalue weighted by atomic mass is 14.7. The highest BCUT2D eigenvalue weighted by Gasteiger charge is 2.19. The van der Waals surface area contributed by atoms with Crippen molar-refractivity contribution in [1.82, 2.24) is 0 Å². The molecule has 0 saturated carbocycles. The van der Waals surface area contributed by atoms with Gasteiger partial charge in [-0.3, -0.25) is 0 Å². The van der Waals surface area contributed by atoms with Gasteiger partial charge in [0.1, 0.15) is 0 Å². The monoisotopic (exact) mass is 269 g/mol. The molecule has 116 valence electrons. The summed E-state index contributed by atoms with van der Waals surface area (Å²) < 4.78 is 0. The molecule has 0 heterocycles. The Hall–Kier alpha value is -0.0400. The van der Waals surface area contributed by atoms with Crippen molar-refractivity contribution >= 4 is 0 Å². The first kappa shape index (κ1) is 19.0. The Bertz CT molecular complexity index is 177. The molecule has 0 radical (unpaired) electrons. The topological polar surface area (TPSA) is 26.0 Å². The summed E-state index contributed by atoms with van der Waals surface area (Å²) >= 11 is 0. The van der Waals surface area contributed by atoms with Crippen LogP contribution in [0.15, 0.2) is 0 Å². The van der Waals surface area contributed by atoms with E-state index in [0.717, 1.165) is 5.92 Å². The number of rotatable bonds is 13. The first-order valence-corrected chi connectivity index (χ1v) is 8.89. The van der Waals surface area contributed by atoms with Crippen LogP contribution in [0.3, 0.4) is 0 Å². The normalized spacial score (nSPS) is 14.8. The van der Waals surface area contributed by atoms with Crippen LogP contribution in [0.25, 0.3) is 0 Å². The molecule has 1 nitrogen and oxygen atoms in total. The van der Waals surface area contributed by atoms with Gasteiger partial charge in [0.15, 0.2) is 0 Å². The highest BCUT2D eigenvalue weighted by molar-refractivity contribution is 4.76. The Labute approximate surface area is 122 Å². The third-order valence-corrected chi connectivity index (χ3v) is 4.42. The van der Waals surface area contributed by atoms with Gasteiger partial charge in [-0.05, 0) is 24.7 Å². The fraction of sp³-hybridized carbons (Fsp3) is 1.00. The van der Waals surface area contributed by atoms with Gasteiger partial charge in [0.25, 0.3) is 0 Å². The van der Waals surface area contributed by atoms with E-state index in [2.05, 4.69) is 27.7 Å². The maximum Gasteiger partial charge on any atom is 0.00903 e. The van der Waals surface area contributed by atoms with Gasteiger partial charge >= 0.3 is 0 Å². The molecule has 0 aliphatic carbocycles. The third kappa shape index (κ3) is 10.4. The Morgan fingerprint density at radius 3 is 1.63 bits per heavy atom. The predicted octanol–water partition coefficient (Wildman–Crippen LogP) is 5.92. The molecule has 0 bridgehead atoms. The first-order chi connectivity index (χ1) is 9.13. The molecule has 0 aliphatic rings. The molecule has 0 aliphatic heterocycles. The van der Waals surface area contributed by atoms with Crippen molar-refractivity contribution in [3.05, 3.63) is 0 Å². The SMILES string of the molecule is CCCCCCCCC(CCCCC)C(N)C(C)C. The average Bonchev–Trinajstić information content (AvgIpc) is 2.39. The van der Waals surface area contributed by atoms with Gasteiger partial charge in [-0.1, -0.05) is 85.5 Å². The van der Waals surface area contributed by atoms with Crippen LogP contribution in [0.4, 0.5) is 0 Å². The van der Waals surface area contributed by atoms with Crippen molar-refractivity contribution in [3.8, 4) is 0 Å². The van der Waals surface area contributed by atoms with Gasteiger partial charge in [-0.25, -0.2) is 0 Å². The number of nitrogens with two attached hydrogens (primary N) is 1. The Kier molecular flexibility index (Phi) is 12.9. The van der Waals surface area contributed by atoms with Crippen molar-refractivity contribution < 1.29 is 0 Å². The standard InChI is InChI=1S/C18H39N/c1-5-7-9-10-11-13-15-17(14-12-8-6-2)18(19)16(3)4/h16-18H,5-15,19H2,1-4H3. The molecule has 19 heavy (non-hydrogen) atoms. The van der Waals surface area contributed by atoms with Gasteiger partial charge < -0.3 is 5.73 Å². The van der Waals surface area contributed by atoms with Gasteiger partial charge in [0.05, 0.1) is 0 Å². The molecule has 0 saturated heterocycles. The highest BCUT2D eigenvalue weighted by Crippen LogP contribution is 2.24. The molecule has 0 aromatic rings. The average molecular weight is 270 g/mol. The van der Waals surface area contributed by atoms with Crippen LogP contribution in [0.5, 0.6) is 0 Å². The van der Waals surface area contributed by atoms with E-state index in [0.29, 0.717) is 12.0 Å². The molecule has 0 amide bonds. The molecular formula is C18H39N. The van der Waals surface area contributed by atoms with E-state index in [1.807, 2.05) is 0 Å². The van der Waals surface area contributed by atoms with E-state index in [1.54, 1.807) is 0 Å². The molecule has 2 unspecified atom stereocenters. The second-order valence-corrected chi connectivity index (χ2v) is 6.63. The second kappa shape index (κ2) is 13.0. The summed E-state index contributed by atoms with van der Waals surface area (Å²) in [4.78, 5) is 0. The summed E-state index contributed by atoms with van der Waals surface area (Å²) in [6.07, 6.45) is 15.2. The molecular weight excluding hydrogens is 230 g/mol. The minimum Gasteiger partial charge on any atom is -0.327 e. The van der Waals surface area contributed by atoms with E-state index >= 15 is 0 Å². The molecule has 0 spiro atoms. The predicted molar refractivity (Wildman–Crippen MR) is 88.4 cm³/mol. The van der Waals surface area contributed by atoms with Crippen molar-refractivity contribution in [2.24, 2.45) is 17.6 Å². The number of unbranched alkanes of at least 4 members (excludes halogenated alkanes) is 7. The summed E-state index contributed by atoms with van der Waals surface area (Å²) in [6, 6.07) is 0.410. The van der Waals surface area contributed by atoms with Crippen LogP contribution in [0.1, 0.15) is 98.3 Å². The molecule has 1 heteroatoms. The summed E-state index contributed by atoms with van der Waals surface area (Å²) in [6.45, 7) is 9.12. The summed E-state index contributed by atoms with van der Waals surface area (Å²) in [5.74, 6) is 1.39. The summed E-state index contributed by atoms with van der Waals surface area (Å²) in [7, 11) is 0. The van der Waals surface area contributed by atoms with Crippen LogP contribution in [0, 0.1) is 11.8 Å². The van der Waals surface area contributed by atoms with Crippen molar-refractivity contribution in [1.29, 1.82) is 0 Å². The first-order valence-electron chi connectivity index (χ1n) is 8.89. The zero-order chi connectivity index (χ0) is 14.5. The van der Waals surface area contributed by atoms with Crippen LogP contribution >= 0.6 is 0 Å². The maximum absolute atomic E-state index is 6.41. The summed E-state index contributed by atoms with van der Waals surface area (Å²) in [5.41, 5.74) is 6.41. The summed E-state index contributed by atoms with van der Waals surface area (Å²) in [5, 5.41) is 0. The fourth-order valence-corrected chi connectivity index (χ4v) is 2.92. The maximum atomic E-state index is 6.41. The minimum absolute atomic E-state index is 0.410. The van der Waals surface area contributed by atoms with E-state index in [-0.39, 0.29) is 0 Å². The lowest BCUT2D eigenvalue weighted by Gasteiger charge is -2.27. The lowest BCUT2D eigenvalue weighted by atomic mass is 9.83. The quantitative estimate of drug-likeness (QED) is 0.413. The molecule has 2 N–H and O–H groups in total. The van der Waals surface area contributed by atoms with Gasteiger partial charge in [0.2, 0.25) is 0 Å². The Morgan fingerprint density at radius 2 is 1.11 bits per heavy atom. The molecule has 2 atom stereocenters. The molecule has 0 rings (SSSR count). The Morgan fingerprint density at radius 1 is 0.684 bits per heavy atom. The molecule has 0 aromatic heterocycles. The lowest BCUT2D eigenvalue weighted by molar-refractivity contribution is 0.290. The zero-order valence-corrected chi connectivity index (χ0v) is 14.1. The number of hydrogen-bond donors (Lipinski definition) is 1. The van der Waals surface area contributed by atoms with E-state index < -0.39 is 0 Å². The van der Waals surface area contributed by atoms with Crippen LogP contribution in [0.2, 0.25) is 0 Å². The van der Waals surface area contributed by atoms with Gasteiger partial charge in [0, 0.05) is 6.04 Å². The van der Waals surface area contributed by atoms with E-state index in [1.165, 1.54) is 70.6 Å². The van der Waals surface area contributed by atoms with Crippen molar-refractivity contribution in [2.75, 3.05) is 0 Å². The molecule has 0 fully saturated rings. The molecule has 0 aromatic carbocycles. The second-order valence-electron chi connectivity index (χ2n) is 6.63. The largest absolute Gasteiger partial charge is 0.327 e. The van der Waals surface area contributed by atoms with Gasteiger partial charge in [-0.15, -0.1) is 0 Å². The smallest absolute Gasteiger partial charge is 0.00903 e. The van der Waals surface area contributed by atoms with E-state index in [9.17, 15) is 0 Å². The van der Waals surface area contributed by atoms with Crippen LogP contribution in [-0.2, 0) is 0 Å². The fourth-order valence-electron chi connectivity index (χ4n) is 2.92. The van der Waals surface area contributed by atoms with Gasteiger partial charge in [-0.2, -0.15) is 0 Å². The van der Waals surface area contributed by atoms with Crippen molar-refractivity contribution in [2.45, 2.75) is 104 Å². The third-order valence-electron chi connectivity index (χ3n) is 4.42. The zero-order valence-electron chi connectivity index (χ0n) is 14.1.